The number of nitrogens with two attached hydrogens (primary N) is 1. The Morgan fingerprint density at radius 3 is 2.62 bits per heavy atom. The van der Waals surface area contributed by atoms with Crippen molar-refractivity contribution in [2.45, 2.75) is 50.4 Å². The van der Waals surface area contributed by atoms with Gasteiger partial charge in [-0.3, -0.25) is 0 Å². The maximum Gasteiger partial charge on any atom is 0.410 e. The van der Waals surface area contributed by atoms with Crippen molar-refractivity contribution in [2.24, 2.45) is 11.7 Å². The quantitative estimate of drug-likeness (QED) is 0.624. The van der Waals surface area contributed by atoms with Crippen LogP contribution >= 0.6 is 0 Å². The van der Waals surface area contributed by atoms with Crippen LogP contribution in [0.3, 0.4) is 0 Å². The number of hydrogen-bond acceptors (Lipinski definition) is 8. The van der Waals surface area contributed by atoms with E-state index < -0.39 is 11.6 Å². The van der Waals surface area contributed by atoms with E-state index in [1.165, 1.54) is 6.07 Å². The number of hydrogen-bond donors (Lipinski definition) is 1. The molecule has 1 aromatic carbocycles. The molecule has 1 amide bonds. The summed E-state index contributed by atoms with van der Waals surface area (Å²) >= 11 is 0. The first kappa shape index (κ1) is 25.6. The molecule has 4 atom stereocenters. The molecule has 3 saturated heterocycles. The van der Waals surface area contributed by atoms with E-state index in [9.17, 15) is 13.6 Å². The predicted octanol–water partition coefficient (Wildman–Crippen LogP) is 3.09. The minimum Gasteiger partial charge on any atom is -0.487 e. The van der Waals surface area contributed by atoms with Gasteiger partial charge in [0.05, 0.1) is 31.7 Å². The SMILES string of the molecule is C[C@H](Oc1cnc(N2C[C@H](c3cc(F)ccc3F)[C@@H](N)C2)nc1)C1CCN(C(=O)O[C@H]2CCOC2)CC1. The number of ether oxygens (including phenoxy) is 3. The second kappa shape index (κ2) is 11.1. The fourth-order valence-electron chi connectivity index (χ4n) is 5.34. The van der Waals surface area contributed by atoms with Crippen LogP contribution in [0.15, 0.2) is 30.6 Å². The fraction of sp³-hybridized carbons (Fsp3) is 0.577. The number of benzene rings is 1. The highest BCUT2D eigenvalue weighted by atomic mass is 19.1. The van der Waals surface area contributed by atoms with E-state index in [2.05, 4.69) is 9.97 Å². The van der Waals surface area contributed by atoms with Crippen LogP contribution in [-0.4, -0.2) is 78.6 Å². The maximum atomic E-state index is 14.3. The monoisotopic (exact) mass is 517 g/mol. The molecule has 37 heavy (non-hydrogen) atoms. The molecule has 0 radical (unpaired) electrons. The van der Waals surface area contributed by atoms with Crippen LogP contribution in [0.5, 0.6) is 5.75 Å². The number of amides is 1. The highest BCUT2D eigenvalue weighted by molar-refractivity contribution is 5.68. The zero-order valence-electron chi connectivity index (χ0n) is 20.9. The van der Waals surface area contributed by atoms with Crippen molar-refractivity contribution in [2.75, 3.05) is 44.3 Å². The maximum absolute atomic E-state index is 14.3. The first-order valence-corrected chi connectivity index (χ1v) is 12.8. The van der Waals surface area contributed by atoms with Gasteiger partial charge in [-0.15, -0.1) is 0 Å². The molecule has 1 aromatic heterocycles. The van der Waals surface area contributed by atoms with Crippen molar-refractivity contribution >= 4 is 12.0 Å². The number of piperidine rings is 1. The average molecular weight is 518 g/mol. The van der Waals surface area contributed by atoms with Gasteiger partial charge in [0.15, 0.2) is 5.75 Å². The minimum absolute atomic E-state index is 0.0728. The van der Waals surface area contributed by atoms with Gasteiger partial charge in [0, 0.05) is 44.6 Å². The first-order chi connectivity index (χ1) is 17.9. The number of likely N-dealkylation sites (tertiary alicyclic amines) is 1. The molecule has 0 spiro atoms. The Hall–Kier alpha value is -3.05. The van der Waals surface area contributed by atoms with Gasteiger partial charge in [-0.2, -0.15) is 0 Å². The molecule has 2 N–H and O–H groups in total. The summed E-state index contributed by atoms with van der Waals surface area (Å²) in [5, 5.41) is 0. The number of aromatic nitrogens is 2. The molecule has 0 unspecified atom stereocenters. The Balaban J connectivity index is 1.11. The van der Waals surface area contributed by atoms with E-state index in [-0.39, 0.29) is 41.7 Å². The lowest BCUT2D eigenvalue weighted by Gasteiger charge is -2.34. The zero-order chi connectivity index (χ0) is 25.9. The van der Waals surface area contributed by atoms with Gasteiger partial charge >= 0.3 is 6.09 Å². The number of carbonyl (C=O) groups is 1. The van der Waals surface area contributed by atoms with Crippen LogP contribution in [-0.2, 0) is 9.47 Å². The third kappa shape index (κ3) is 5.93. The molecule has 3 aliphatic heterocycles. The highest BCUT2D eigenvalue weighted by Gasteiger charge is 2.35. The zero-order valence-corrected chi connectivity index (χ0v) is 20.9. The molecule has 5 rings (SSSR count). The highest BCUT2D eigenvalue weighted by Crippen LogP contribution is 2.31. The third-order valence-corrected chi connectivity index (χ3v) is 7.56. The summed E-state index contributed by atoms with van der Waals surface area (Å²) in [7, 11) is 0. The van der Waals surface area contributed by atoms with Crippen LogP contribution in [0.1, 0.15) is 37.7 Å². The van der Waals surface area contributed by atoms with Crippen LogP contribution in [0.4, 0.5) is 19.5 Å². The Morgan fingerprint density at radius 2 is 1.92 bits per heavy atom. The normalized spacial score (nSPS) is 25.4. The van der Waals surface area contributed by atoms with Gasteiger partial charge in [-0.05, 0) is 49.4 Å². The lowest BCUT2D eigenvalue weighted by Crippen LogP contribution is -2.43. The van der Waals surface area contributed by atoms with E-state index >= 15 is 0 Å². The number of anilines is 1. The third-order valence-electron chi connectivity index (χ3n) is 7.56. The van der Waals surface area contributed by atoms with E-state index in [0.717, 1.165) is 31.4 Å². The lowest BCUT2D eigenvalue weighted by molar-refractivity contribution is 0.0361. The molecule has 0 bridgehead atoms. The molecular weight excluding hydrogens is 484 g/mol. The Labute approximate surface area is 214 Å². The molecule has 3 aliphatic rings. The van der Waals surface area contributed by atoms with Gasteiger partial charge in [0.25, 0.3) is 0 Å². The van der Waals surface area contributed by atoms with E-state index in [0.29, 0.717) is 51.1 Å². The lowest BCUT2D eigenvalue weighted by atomic mass is 9.92. The summed E-state index contributed by atoms with van der Waals surface area (Å²) in [4.78, 5) is 24.9. The van der Waals surface area contributed by atoms with Gasteiger partial charge in [-0.25, -0.2) is 23.5 Å². The predicted molar refractivity (Wildman–Crippen MR) is 131 cm³/mol. The van der Waals surface area contributed by atoms with Crippen LogP contribution < -0.4 is 15.4 Å². The number of nitrogens with zero attached hydrogens (tertiary/aromatic N) is 4. The van der Waals surface area contributed by atoms with Gasteiger partial charge < -0.3 is 29.7 Å². The molecular formula is C26H33F2N5O4. The summed E-state index contributed by atoms with van der Waals surface area (Å²) < 4.78 is 44.8. The number of halogens is 2. The summed E-state index contributed by atoms with van der Waals surface area (Å²) in [6.07, 6.45) is 5.16. The van der Waals surface area contributed by atoms with Gasteiger partial charge in [-0.1, -0.05) is 0 Å². The average Bonchev–Trinajstić information content (AvgIpc) is 3.55. The molecule has 4 heterocycles. The summed E-state index contributed by atoms with van der Waals surface area (Å²) in [6, 6.07) is 3.07. The second-order valence-electron chi connectivity index (χ2n) is 10.1. The molecule has 2 aromatic rings. The van der Waals surface area contributed by atoms with Crippen molar-refractivity contribution in [3.8, 4) is 5.75 Å². The molecule has 0 aliphatic carbocycles. The Bertz CT molecular complexity index is 1080. The van der Waals surface area contributed by atoms with Gasteiger partial charge in [0.1, 0.15) is 17.7 Å². The summed E-state index contributed by atoms with van der Waals surface area (Å²) in [5.41, 5.74) is 6.53. The van der Waals surface area contributed by atoms with Crippen molar-refractivity contribution in [3.63, 3.8) is 0 Å². The second-order valence-corrected chi connectivity index (χ2v) is 10.1. The van der Waals surface area contributed by atoms with Crippen molar-refractivity contribution < 1.29 is 27.8 Å². The van der Waals surface area contributed by atoms with Crippen LogP contribution in [0, 0.1) is 17.6 Å². The molecule has 3 fully saturated rings. The van der Waals surface area contributed by atoms with Crippen molar-refractivity contribution in [1.82, 2.24) is 14.9 Å². The molecule has 200 valence electrons. The number of carbonyl (C=O) groups excluding carboxylic acids is 1. The van der Waals surface area contributed by atoms with Crippen molar-refractivity contribution in [1.29, 1.82) is 0 Å². The molecule has 11 heteroatoms. The molecule has 9 nitrogen and oxygen atoms in total. The standard InChI is InChI=1S/C26H33F2N5O4/c1-16(17-4-7-32(8-5-17)26(34)37-19-6-9-35-15-19)36-20-11-30-25(31-12-20)33-13-22(24(29)14-33)21-10-18(27)2-3-23(21)28/h2-3,10-12,16-17,19,22,24H,4-9,13-15,29H2,1H3/t16-,19-,22+,24-/m0/s1. The number of rotatable bonds is 6. The van der Waals surface area contributed by atoms with Crippen LogP contribution in [0.2, 0.25) is 0 Å². The Morgan fingerprint density at radius 1 is 1.16 bits per heavy atom. The smallest absolute Gasteiger partial charge is 0.410 e. The van der Waals surface area contributed by atoms with E-state index in [4.69, 9.17) is 19.9 Å². The van der Waals surface area contributed by atoms with E-state index in [1.54, 1.807) is 17.3 Å². The van der Waals surface area contributed by atoms with Gasteiger partial charge in [0.2, 0.25) is 5.95 Å². The Kier molecular flexibility index (Phi) is 7.71. The fourth-order valence-corrected chi connectivity index (χ4v) is 5.34. The van der Waals surface area contributed by atoms with E-state index in [1.807, 2.05) is 11.8 Å². The topological polar surface area (TPSA) is 103 Å². The summed E-state index contributed by atoms with van der Waals surface area (Å²) in [6.45, 7) is 5.22. The first-order valence-electron chi connectivity index (χ1n) is 12.8. The largest absolute Gasteiger partial charge is 0.487 e. The summed E-state index contributed by atoms with van der Waals surface area (Å²) in [5.74, 6) is -0.000994. The minimum atomic E-state index is -0.487. The van der Waals surface area contributed by atoms with Crippen LogP contribution in [0.25, 0.3) is 0 Å². The van der Waals surface area contributed by atoms with Crippen molar-refractivity contribution in [3.05, 3.63) is 47.8 Å². The molecule has 0 saturated carbocycles.